The van der Waals surface area contributed by atoms with Gasteiger partial charge in [0.2, 0.25) is 0 Å². The van der Waals surface area contributed by atoms with E-state index in [9.17, 15) is 9.90 Å². The number of cyclic esters (lactones) is 1. The largest absolute Gasteiger partial charge is 0.442 e. The molecule has 36 heavy (non-hydrogen) atoms. The summed E-state index contributed by atoms with van der Waals surface area (Å²) in [4.78, 5) is 18.3. The molecule has 1 aromatic heterocycles. The van der Waals surface area contributed by atoms with Gasteiger partial charge in [0.25, 0.3) is 0 Å². The maximum Gasteiger partial charge on any atom is 0.414 e. The number of aliphatic hydroxyl groups is 1. The molecule has 3 unspecified atom stereocenters. The standard InChI is InChI=1S/C28H30N4O4/c1-20(33)27-30-12-14-31(27)18-26-19-32(28(34)36-26)24-10-8-22(9-11-24)3-2-21-4-6-23(7-5-21)16-25-17-29-13-15-35-25/h4-12,14,20,25-26,29,33H,13,15-19H2,1H3. The molecule has 2 aromatic carbocycles. The highest BCUT2D eigenvalue weighted by molar-refractivity contribution is 5.89. The van der Waals surface area contributed by atoms with Crippen molar-refractivity contribution < 1.29 is 19.4 Å². The summed E-state index contributed by atoms with van der Waals surface area (Å²) in [6.45, 7) is 5.11. The van der Waals surface area contributed by atoms with Crippen LogP contribution in [0.5, 0.6) is 0 Å². The fraction of sp³-hybridized carbons (Fsp3) is 0.357. The van der Waals surface area contributed by atoms with Gasteiger partial charge < -0.3 is 24.5 Å². The number of morpholine rings is 1. The summed E-state index contributed by atoms with van der Waals surface area (Å²) < 4.78 is 13.1. The van der Waals surface area contributed by atoms with Crippen LogP contribution in [-0.4, -0.2) is 59.2 Å². The monoisotopic (exact) mass is 486 g/mol. The first-order valence-corrected chi connectivity index (χ1v) is 12.3. The Balaban J connectivity index is 1.18. The second kappa shape index (κ2) is 11.0. The van der Waals surface area contributed by atoms with E-state index >= 15 is 0 Å². The van der Waals surface area contributed by atoms with Crippen molar-refractivity contribution in [3.8, 4) is 11.8 Å². The summed E-state index contributed by atoms with van der Waals surface area (Å²) in [5, 5.41) is 13.2. The van der Waals surface area contributed by atoms with Crippen LogP contribution in [0.15, 0.2) is 60.9 Å². The number of aromatic nitrogens is 2. The van der Waals surface area contributed by atoms with Gasteiger partial charge in [0.05, 0.1) is 25.8 Å². The zero-order chi connectivity index (χ0) is 24.9. The van der Waals surface area contributed by atoms with Crippen molar-refractivity contribution in [2.45, 2.75) is 38.2 Å². The van der Waals surface area contributed by atoms with Gasteiger partial charge in [0.1, 0.15) is 18.0 Å². The van der Waals surface area contributed by atoms with Crippen LogP contribution in [-0.2, 0) is 22.4 Å². The van der Waals surface area contributed by atoms with E-state index in [4.69, 9.17) is 9.47 Å². The van der Waals surface area contributed by atoms with Crippen LogP contribution in [0.3, 0.4) is 0 Å². The Morgan fingerprint density at radius 2 is 1.83 bits per heavy atom. The van der Waals surface area contributed by atoms with E-state index in [0.29, 0.717) is 18.9 Å². The van der Waals surface area contributed by atoms with Gasteiger partial charge in [-0.05, 0) is 55.3 Å². The second-order valence-corrected chi connectivity index (χ2v) is 9.12. The molecule has 2 saturated heterocycles. The van der Waals surface area contributed by atoms with Crippen LogP contribution in [0, 0.1) is 11.8 Å². The number of benzene rings is 2. The SMILES string of the molecule is CC(O)c1nccn1CC1CN(c2ccc(C#Cc3ccc(CC4CNCCO4)cc3)cc2)C(=O)O1. The Morgan fingerprint density at radius 3 is 2.50 bits per heavy atom. The summed E-state index contributed by atoms with van der Waals surface area (Å²) >= 11 is 0. The third-order valence-electron chi connectivity index (χ3n) is 6.35. The predicted octanol–water partition coefficient (Wildman–Crippen LogP) is 2.89. The Labute approximate surface area is 210 Å². The molecule has 1 amide bonds. The van der Waals surface area contributed by atoms with Crippen molar-refractivity contribution in [2.75, 3.05) is 31.1 Å². The van der Waals surface area contributed by atoms with Crippen LogP contribution >= 0.6 is 0 Å². The smallest absolute Gasteiger partial charge is 0.414 e. The Bertz CT molecular complexity index is 1240. The van der Waals surface area contributed by atoms with Gasteiger partial charge in [-0.15, -0.1) is 0 Å². The van der Waals surface area contributed by atoms with E-state index < -0.39 is 6.10 Å². The molecule has 0 aliphatic carbocycles. The number of anilines is 1. The second-order valence-electron chi connectivity index (χ2n) is 9.12. The molecule has 8 heteroatoms. The molecular weight excluding hydrogens is 456 g/mol. The molecular formula is C28H30N4O4. The van der Waals surface area contributed by atoms with Crippen molar-refractivity contribution in [2.24, 2.45) is 0 Å². The lowest BCUT2D eigenvalue weighted by atomic mass is 10.0. The lowest BCUT2D eigenvalue weighted by Gasteiger charge is -2.23. The normalized spacial score (nSPS) is 20.5. The number of ether oxygens (including phenoxy) is 2. The first-order chi connectivity index (χ1) is 17.5. The first kappa shape index (κ1) is 24.1. The van der Waals surface area contributed by atoms with E-state index in [2.05, 4.69) is 34.3 Å². The lowest BCUT2D eigenvalue weighted by molar-refractivity contribution is 0.0292. The van der Waals surface area contributed by atoms with Crippen LogP contribution < -0.4 is 10.2 Å². The highest BCUT2D eigenvalue weighted by atomic mass is 16.6. The van der Waals surface area contributed by atoms with Crippen molar-refractivity contribution in [3.05, 3.63) is 83.4 Å². The van der Waals surface area contributed by atoms with E-state index in [-0.39, 0.29) is 18.3 Å². The van der Waals surface area contributed by atoms with E-state index in [1.807, 2.05) is 41.0 Å². The Morgan fingerprint density at radius 1 is 1.11 bits per heavy atom. The molecule has 5 rings (SSSR count). The highest BCUT2D eigenvalue weighted by Crippen LogP contribution is 2.23. The van der Waals surface area contributed by atoms with Crippen molar-refractivity contribution >= 4 is 11.8 Å². The number of carbonyl (C=O) groups is 1. The van der Waals surface area contributed by atoms with E-state index in [0.717, 1.165) is 42.9 Å². The molecule has 2 fully saturated rings. The quantitative estimate of drug-likeness (QED) is 0.521. The third-order valence-corrected chi connectivity index (χ3v) is 6.35. The van der Waals surface area contributed by atoms with Crippen LogP contribution in [0.25, 0.3) is 0 Å². The van der Waals surface area contributed by atoms with Crippen molar-refractivity contribution in [3.63, 3.8) is 0 Å². The molecule has 2 aliphatic rings. The number of amides is 1. The minimum atomic E-state index is -0.687. The molecule has 3 heterocycles. The van der Waals surface area contributed by atoms with Gasteiger partial charge in [-0.25, -0.2) is 9.78 Å². The summed E-state index contributed by atoms with van der Waals surface area (Å²) in [5.74, 6) is 6.95. The van der Waals surface area contributed by atoms with E-state index in [1.165, 1.54) is 5.56 Å². The molecule has 0 spiro atoms. The van der Waals surface area contributed by atoms with Gasteiger partial charge in [-0.3, -0.25) is 4.90 Å². The molecule has 3 atom stereocenters. The molecule has 0 radical (unpaired) electrons. The minimum Gasteiger partial charge on any atom is -0.442 e. The molecule has 186 valence electrons. The fourth-order valence-electron chi connectivity index (χ4n) is 4.50. The van der Waals surface area contributed by atoms with Crippen LogP contribution in [0.2, 0.25) is 0 Å². The average molecular weight is 487 g/mol. The maximum atomic E-state index is 12.5. The van der Waals surface area contributed by atoms with Gasteiger partial charge in [0.15, 0.2) is 0 Å². The number of imidazole rings is 1. The van der Waals surface area contributed by atoms with Gasteiger partial charge in [0, 0.05) is 42.3 Å². The van der Waals surface area contributed by atoms with Crippen LogP contribution in [0.1, 0.15) is 35.5 Å². The maximum absolute atomic E-state index is 12.5. The summed E-state index contributed by atoms with van der Waals surface area (Å²) in [6, 6.07) is 15.9. The topological polar surface area (TPSA) is 88.9 Å². The highest BCUT2D eigenvalue weighted by Gasteiger charge is 2.33. The number of aliphatic hydroxyl groups excluding tert-OH is 1. The fourth-order valence-corrected chi connectivity index (χ4v) is 4.50. The third kappa shape index (κ3) is 5.77. The number of rotatable bonds is 6. The van der Waals surface area contributed by atoms with Gasteiger partial charge in [-0.1, -0.05) is 24.0 Å². The van der Waals surface area contributed by atoms with Crippen LogP contribution in [0.4, 0.5) is 10.5 Å². The Hall–Kier alpha value is -3.64. The molecule has 2 N–H and O–H groups in total. The number of hydrogen-bond donors (Lipinski definition) is 2. The number of nitrogens with one attached hydrogen (secondary N) is 1. The zero-order valence-electron chi connectivity index (χ0n) is 20.3. The van der Waals surface area contributed by atoms with Crippen molar-refractivity contribution in [1.29, 1.82) is 0 Å². The number of hydrogen-bond acceptors (Lipinski definition) is 6. The summed E-state index contributed by atoms with van der Waals surface area (Å²) in [5.41, 5.74) is 3.82. The summed E-state index contributed by atoms with van der Waals surface area (Å²) in [6.07, 6.45) is 3.14. The van der Waals surface area contributed by atoms with E-state index in [1.54, 1.807) is 24.2 Å². The molecule has 8 nitrogen and oxygen atoms in total. The van der Waals surface area contributed by atoms with Gasteiger partial charge >= 0.3 is 6.09 Å². The van der Waals surface area contributed by atoms with Crippen molar-refractivity contribution in [1.82, 2.24) is 14.9 Å². The average Bonchev–Trinajstić information content (AvgIpc) is 3.51. The lowest BCUT2D eigenvalue weighted by Crippen LogP contribution is -2.39. The molecule has 0 saturated carbocycles. The summed E-state index contributed by atoms with van der Waals surface area (Å²) in [7, 11) is 0. The molecule has 0 bridgehead atoms. The molecule has 3 aromatic rings. The van der Waals surface area contributed by atoms with Gasteiger partial charge in [-0.2, -0.15) is 0 Å². The number of carbonyl (C=O) groups excluding carboxylic acids is 1. The zero-order valence-corrected chi connectivity index (χ0v) is 20.3. The number of nitrogens with zero attached hydrogens (tertiary/aromatic N) is 3. The molecule has 2 aliphatic heterocycles. The Kier molecular flexibility index (Phi) is 7.33. The predicted molar refractivity (Wildman–Crippen MR) is 136 cm³/mol. The first-order valence-electron chi connectivity index (χ1n) is 12.3. The minimum absolute atomic E-state index is 0.227.